The summed E-state index contributed by atoms with van der Waals surface area (Å²) in [6, 6.07) is 11.7. The minimum Gasteiger partial charge on any atom is -0.461 e. The monoisotopic (exact) mass is 494 g/mol. The fraction of sp³-hybridized carbons (Fsp3) is 0.333. The molecule has 1 N–H and O–H groups in total. The van der Waals surface area contributed by atoms with E-state index in [4.69, 9.17) is 13.6 Å². The third kappa shape index (κ3) is 5.64. The van der Waals surface area contributed by atoms with Gasteiger partial charge in [-0.15, -0.1) is 10.2 Å². The quantitative estimate of drug-likeness (QED) is 0.351. The molecular formula is C24H26N6O4S. The number of nitrogens with one attached hydrogen (secondary N) is 1. The number of furan rings is 1. The molecule has 1 aliphatic rings. The number of carbonyl (C=O) groups is 1. The number of nitrogens with zero attached hydrogens (tertiary/aromatic N) is 5. The van der Waals surface area contributed by atoms with E-state index in [1.807, 2.05) is 41.8 Å². The van der Waals surface area contributed by atoms with E-state index in [0.717, 1.165) is 44.1 Å². The highest BCUT2D eigenvalue weighted by Crippen LogP contribution is 2.30. The number of amides is 1. The minimum atomic E-state index is -0.249. The van der Waals surface area contributed by atoms with Crippen LogP contribution in [-0.2, 0) is 10.5 Å². The molecule has 5 rings (SSSR count). The highest BCUT2D eigenvalue weighted by atomic mass is 32.2. The Hall–Kier alpha value is -3.41. The molecule has 0 saturated carbocycles. The first-order chi connectivity index (χ1) is 17.2. The van der Waals surface area contributed by atoms with Gasteiger partial charge < -0.3 is 18.9 Å². The Morgan fingerprint density at radius 2 is 2.03 bits per heavy atom. The van der Waals surface area contributed by atoms with Gasteiger partial charge in [0.25, 0.3) is 5.91 Å². The van der Waals surface area contributed by atoms with Crippen LogP contribution in [0.5, 0.6) is 0 Å². The van der Waals surface area contributed by atoms with Gasteiger partial charge in [-0.25, -0.2) is 4.98 Å². The summed E-state index contributed by atoms with van der Waals surface area (Å²) in [5.41, 5.74) is 2.31. The summed E-state index contributed by atoms with van der Waals surface area (Å²) in [7, 11) is 0. The molecular weight excluding hydrogens is 468 g/mol. The fourth-order valence-corrected chi connectivity index (χ4v) is 4.58. The minimum absolute atomic E-state index is 0.249. The highest BCUT2D eigenvalue weighted by molar-refractivity contribution is 7.98. The number of ether oxygens (including phenoxy) is 1. The predicted octanol–water partition coefficient (Wildman–Crippen LogP) is 3.18. The van der Waals surface area contributed by atoms with Crippen molar-refractivity contribution < 1.29 is 18.4 Å². The van der Waals surface area contributed by atoms with Crippen molar-refractivity contribution in [3.63, 3.8) is 0 Å². The summed E-state index contributed by atoms with van der Waals surface area (Å²) in [4.78, 5) is 19.1. The number of morpholine rings is 1. The average Bonchev–Trinajstić information content (AvgIpc) is 3.64. The van der Waals surface area contributed by atoms with Gasteiger partial charge in [0.1, 0.15) is 6.26 Å². The van der Waals surface area contributed by atoms with Crippen LogP contribution in [0.2, 0.25) is 0 Å². The van der Waals surface area contributed by atoms with E-state index >= 15 is 0 Å². The number of thioether (sulfide) groups is 1. The van der Waals surface area contributed by atoms with Gasteiger partial charge in [-0.3, -0.25) is 14.3 Å². The van der Waals surface area contributed by atoms with Crippen LogP contribution in [0, 0.1) is 6.92 Å². The van der Waals surface area contributed by atoms with Crippen molar-refractivity contribution in [1.29, 1.82) is 0 Å². The van der Waals surface area contributed by atoms with Gasteiger partial charge in [-0.2, -0.15) is 0 Å². The molecule has 0 unspecified atom stereocenters. The van der Waals surface area contributed by atoms with Crippen molar-refractivity contribution in [2.24, 2.45) is 0 Å². The van der Waals surface area contributed by atoms with Crippen molar-refractivity contribution in [2.75, 3.05) is 39.4 Å². The Labute approximate surface area is 206 Å². The first kappa shape index (κ1) is 23.3. The molecule has 0 atom stereocenters. The summed E-state index contributed by atoms with van der Waals surface area (Å²) in [6.07, 6.45) is 3.00. The molecule has 10 nitrogen and oxygen atoms in total. The van der Waals surface area contributed by atoms with Crippen LogP contribution in [0.25, 0.3) is 17.3 Å². The van der Waals surface area contributed by atoms with Crippen molar-refractivity contribution in [3.05, 3.63) is 66.1 Å². The Morgan fingerprint density at radius 1 is 1.14 bits per heavy atom. The molecule has 0 bridgehead atoms. The number of rotatable bonds is 9. The third-order valence-electron chi connectivity index (χ3n) is 5.56. The van der Waals surface area contributed by atoms with Crippen molar-refractivity contribution >= 4 is 17.7 Å². The fourth-order valence-electron chi connectivity index (χ4n) is 3.78. The summed E-state index contributed by atoms with van der Waals surface area (Å²) >= 11 is 1.42. The van der Waals surface area contributed by atoms with Gasteiger partial charge >= 0.3 is 0 Å². The highest BCUT2D eigenvalue weighted by Gasteiger charge is 2.20. The topological polar surface area (TPSA) is 111 Å². The first-order valence-electron chi connectivity index (χ1n) is 11.4. The zero-order valence-corrected chi connectivity index (χ0v) is 20.2. The Balaban J connectivity index is 1.24. The van der Waals surface area contributed by atoms with E-state index in [9.17, 15) is 4.79 Å². The van der Waals surface area contributed by atoms with E-state index in [0.29, 0.717) is 34.9 Å². The van der Waals surface area contributed by atoms with Crippen LogP contribution >= 0.6 is 11.8 Å². The van der Waals surface area contributed by atoms with Crippen molar-refractivity contribution in [2.45, 2.75) is 17.8 Å². The standard InChI is InChI=1S/C24H26N6O4S/c1-17-4-2-5-18(14-17)30-22(20-6-3-11-33-20)27-28-24(30)35-16-21-26-19(15-34-21)23(31)25-7-8-29-9-12-32-13-10-29/h2-6,11,14-15H,7-10,12-13,16H2,1H3,(H,25,31). The van der Waals surface area contributed by atoms with Crippen molar-refractivity contribution in [1.82, 2.24) is 30.0 Å². The van der Waals surface area contributed by atoms with Gasteiger partial charge in [-0.1, -0.05) is 23.9 Å². The number of benzene rings is 1. The van der Waals surface area contributed by atoms with Gasteiger partial charge in [0, 0.05) is 26.2 Å². The van der Waals surface area contributed by atoms with Crippen LogP contribution in [0.3, 0.4) is 0 Å². The van der Waals surface area contributed by atoms with E-state index in [1.165, 1.54) is 18.0 Å². The van der Waals surface area contributed by atoms with Gasteiger partial charge in [0.2, 0.25) is 11.7 Å². The molecule has 182 valence electrons. The van der Waals surface area contributed by atoms with Gasteiger partial charge in [-0.05, 0) is 36.8 Å². The second-order valence-electron chi connectivity index (χ2n) is 8.08. The predicted molar refractivity (Wildman–Crippen MR) is 129 cm³/mol. The molecule has 4 heterocycles. The lowest BCUT2D eigenvalue weighted by molar-refractivity contribution is 0.0383. The Kier molecular flexibility index (Phi) is 7.26. The maximum Gasteiger partial charge on any atom is 0.273 e. The van der Waals surface area contributed by atoms with E-state index in [2.05, 4.69) is 31.5 Å². The first-order valence-corrected chi connectivity index (χ1v) is 12.4. The Bertz CT molecular complexity index is 1260. The zero-order chi connectivity index (χ0) is 24.0. The smallest absolute Gasteiger partial charge is 0.273 e. The molecule has 35 heavy (non-hydrogen) atoms. The molecule has 4 aromatic rings. The van der Waals surface area contributed by atoms with E-state index in [1.54, 1.807) is 6.26 Å². The lowest BCUT2D eigenvalue weighted by Crippen LogP contribution is -2.41. The Morgan fingerprint density at radius 3 is 2.83 bits per heavy atom. The zero-order valence-electron chi connectivity index (χ0n) is 19.3. The largest absolute Gasteiger partial charge is 0.461 e. The maximum absolute atomic E-state index is 12.5. The van der Waals surface area contributed by atoms with Crippen LogP contribution in [0.4, 0.5) is 0 Å². The summed E-state index contributed by atoms with van der Waals surface area (Å²) < 4.78 is 18.4. The lowest BCUT2D eigenvalue weighted by Gasteiger charge is -2.26. The molecule has 0 radical (unpaired) electrons. The second-order valence-corrected chi connectivity index (χ2v) is 9.03. The summed E-state index contributed by atoms with van der Waals surface area (Å²) in [5, 5.41) is 12.3. The number of oxazole rings is 1. The molecule has 1 aliphatic heterocycles. The number of aromatic nitrogens is 4. The van der Waals surface area contributed by atoms with E-state index < -0.39 is 0 Å². The molecule has 1 fully saturated rings. The second kappa shape index (κ2) is 10.9. The SMILES string of the molecule is Cc1cccc(-n2c(SCc3nc(C(=O)NCCN4CCOCC4)co3)nnc2-c2ccco2)c1. The maximum atomic E-state index is 12.5. The number of hydrogen-bond donors (Lipinski definition) is 1. The summed E-state index contributed by atoms with van der Waals surface area (Å²) in [6.45, 7) is 6.60. The molecule has 11 heteroatoms. The molecule has 0 spiro atoms. The van der Waals surface area contributed by atoms with Gasteiger partial charge in [0.15, 0.2) is 16.6 Å². The molecule has 1 amide bonds. The number of aryl methyl sites for hydroxylation is 1. The van der Waals surface area contributed by atoms with Crippen LogP contribution in [0.1, 0.15) is 21.9 Å². The number of hydrogen-bond acceptors (Lipinski definition) is 9. The normalized spacial score (nSPS) is 14.3. The average molecular weight is 495 g/mol. The third-order valence-corrected chi connectivity index (χ3v) is 6.47. The van der Waals surface area contributed by atoms with E-state index in [-0.39, 0.29) is 11.6 Å². The molecule has 1 saturated heterocycles. The molecule has 0 aliphatic carbocycles. The van der Waals surface area contributed by atoms with Crippen molar-refractivity contribution in [3.8, 4) is 17.3 Å². The molecule has 3 aromatic heterocycles. The van der Waals surface area contributed by atoms with Crippen LogP contribution in [-0.4, -0.2) is 69.9 Å². The lowest BCUT2D eigenvalue weighted by atomic mass is 10.2. The summed E-state index contributed by atoms with van der Waals surface area (Å²) in [5.74, 6) is 1.81. The van der Waals surface area contributed by atoms with Crippen LogP contribution in [0.15, 0.2) is 62.9 Å². The number of carbonyl (C=O) groups excluding carboxylic acids is 1. The molecule has 1 aromatic carbocycles. The van der Waals surface area contributed by atoms with Crippen LogP contribution < -0.4 is 5.32 Å². The van der Waals surface area contributed by atoms with Gasteiger partial charge in [0.05, 0.1) is 30.9 Å².